The van der Waals surface area contributed by atoms with Gasteiger partial charge >= 0.3 is 10.2 Å². The fourth-order valence-electron chi connectivity index (χ4n) is 2.29. The third-order valence-corrected chi connectivity index (χ3v) is 5.22. The Balaban J connectivity index is 2.19. The molecular formula is C12H17ClFN3O2S. The molecule has 20 heavy (non-hydrogen) atoms. The molecule has 1 heterocycles. The largest absolute Gasteiger partial charge is 0.329 e. The van der Waals surface area contributed by atoms with Gasteiger partial charge in [0.25, 0.3) is 0 Å². The van der Waals surface area contributed by atoms with Gasteiger partial charge in [-0.1, -0.05) is 18.0 Å². The zero-order valence-electron chi connectivity index (χ0n) is 10.9. The molecule has 1 saturated heterocycles. The second-order valence-electron chi connectivity index (χ2n) is 4.73. The van der Waals surface area contributed by atoms with E-state index < -0.39 is 16.0 Å². The second-order valence-corrected chi connectivity index (χ2v) is 6.76. The van der Waals surface area contributed by atoms with Crippen LogP contribution in [-0.2, 0) is 10.2 Å². The Bertz CT molecular complexity index is 582. The minimum atomic E-state index is -3.73. The van der Waals surface area contributed by atoms with Crippen LogP contribution in [-0.4, -0.2) is 31.9 Å². The first-order chi connectivity index (χ1) is 9.44. The number of hydrogen-bond acceptors (Lipinski definition) is 3. The first-order valence-electron chi connectivity index (χ1n) is 6.39. The molecule has 1 aliphatic heterocycles. The van der Waals surface area contributed by atoms with Gasteiger partial charge in [0, 0.05) is 19.1 Å². The van der Waals surface area contributed by atoms with E-state index in [4.69, 9.17) is 17.3 Å². The standard InChI is InChI=1S/C12H17ClFN3O2S/c13-11-5-4-9(7-12(11)14)16-20(18,19)17-6-2-1-3-10(17)8-15/h4-5,7,10,16H,1-3,6,8,15H2. The number of nitrogens with one attached hydrogen (secondary N) is 1. The summed E-state index contributed by atoms with van der Waals surface area (Å²) in [7, 11) is -3.73. The van der Waals surface area contributed by atoms with Gasteiger partial charge in [-0.25, -0.2) is 4.39 Å². The first kappa shape index (κ1) is 15.5. The van der Waals surface area contributed by atoms with E-state index in [0.717, 1.165) is 25.3 Å². The average molecular weight is 322 g/mol. The van der Waals surface area contributed by atoms with Crippen LogP contribution in [0.4, 0.5) is 10.1 Å². The molecule has 0 bridgehead atoms. The maximum absolute atomic E-state index is 13.3. The Morgan fingerprint density at radius 2 is 2.20 bits per heavy atom. The van der Waals surface area contributed by atoms with E-state index >= 15 is 0 Å². The van der Waals surface area contributed by atoms with Gasteiger partial charge in [0.05, 0.1) is 10.7 Å². The van der Waals surface area contributed by atoms with E-state index in [2.05, 4.69) is 4.72 Å². The molecule has 2 rings (SSSR count). The summed E-state index contributed by atoms with van der Waals surface area (Å²) in [5.74, 6) is -0.666. The van der Waals surface area contributed by atoms with E-state index in [9.17, 15) is 12.8 Å². The van der Waals surface area contributed by atoms with Crippen LogP contribution in [0.3, 0.4) is 0 Å². The maximum Gasteiger partial charge on any atom is 0.301 e. The number of anilines is 1. The van der Waals surface area contributed by atoms with Crippen LogP contribution in [0.25, 0.3) is 0 Å². The number of piperidine rings is 1. The Hall–Kier alpha value is -0.890. The smallest absolute Gasteiger partial charge is 0.301 e. The van der Waals surface area contributed by atoms with Crippen LogP contribution >= 0.6 is 11.6 Å². The number of nitrogens with zero attached hydrogens (tertiary/aromatic N) is 1. The lowest BCUT2D eigenvalue weighted by molar-refractivity contribution is 0.259. The third-order valence-electron chi connectivity index (χ3n) is 3.32. The summed E-state index contributed by atoms with van der Waals surface area (Å²) in [4.78, 5) is 0. The molecule has 1 unspecified atom stereocenters. The third kappa shape index (κ3) is 3.41. The van der Waals surface area contributed by atoms with Crippen LogP contribution < -0.4 is 10.5 Å². The van der Waals surface area contributed by atoms with Gasteiger partial charge < -0.3 is 5.73 Å². The Kier molecular flexibility index (Phi) is 4.85. The van der Waals surface area contributed by atoms with Gasteiger partial charge in [-0.05, 0) is 31.0 Å². The van der Waals surface area contributed by atoms with Crippen molar-refractivity contribution in [1.29, 1.82) is 0 Å². The molecule has 1 fully saturated rings. The summed E-state index contributed by atoms with van der Waals surface area (Å²) in [6.45, 7) is 0.698. The van der Waals surface area contributed by atoms with Crippen LogP contribution in [0.1, 0.15) is 19.3 Å². The van der Waals surface area contributed by atoms with Crippen molar-refractivity contribution in [1.82, 2.24) is 4.31 Å². The molecule has 8 heteroatoms. The van der Waals surface area contributed by atoms with Crippen molar-refractivity contribution in [3.8, 4) is 0 Å². The van der Waals surface area contributed by atoms with Gasteiger partial charge in [-0.15, -0.1) is 0 Å². The maximum atomic E-state index is 13.3. The Labute approximate surface area is 123 Å². The first-order valence-corrected chi connectivity index (χ1v) is 8.20. The van der Waals surface area contributed by atoms with Crippen molar-refractivity contribution in [2.24, 2.45) is 5.73 Å². The van der Waals surface area contributed by atoms with Crippen molar-refractivity contribution in [3.63, 3.8) is 0 Å². The fourth-order valence-corrected chi connectivity index (χ4v) is 3.91. The Morgan fingerprint density at radius 3 is 2.85 bits per heavy atom. The number of halogens is 2. The highest BCUT2D eigenvalue weighted by Gasteiger charge is 2.31. The van der Waals surface area contributed by atoms with E-state index in [1.54, 1.807) is 0 Å². The Morgan fingerprint density at radius 1 is 1.45 bits per heavy atom. The molecule has 1 aromatic rings. The highest BCUT2D eigenvalue weighted by Crippen LogP contribution is 2.23. The van der Waals surface area contributed by atoms with Crippen LogP contribution in [0.5, 0.6) is 0 Å². The predicted octanol–water partition coefficient (Wildman–Crippen LogP) is 1.95. The number of benzene rings is 1. The number of nitrogens with two attached hydrogens (primary N) is 1. The molecule has 0 aromatic heterocycles. The second kappa shape index (κ2) is 6.26. The zero-order valence-corrected chi connectivity index (χ0v) is 12.4. The number of rotatable bonds is 4. The predicted molar refractivity (Wildman–Crippen MR) is 77.4 cm³/mol. The van der Waals surface area contributed by atoms with Gasteiger partial charge in [0.15, 0.2) is 0 Å². The SMILES string of the molecule is NCC1CCCCN1S(=O)(=O)Nc1ccc(Cl)c(F)c1. The lowest BCUT2D eigenvalue weighted by Gasteiger charge is -2.33. The van der Waals surface area contributed by atoms with Crippen molar-refractivity contribution in [3.05, 3.63) is 29.0 Å². The molecule has 1 aromatic carbocycles. The zero-order chi connectivity index (χ0) is 14.8. The summed E-state index contributed by atoms with van der Waals surface area (Å²) >= 11 is 5.57. The van der Waals surface area contributed by atoms with Gasteiger partial charge in [0.2, 0.25) is 0 Å². The van der Waals surface area contributed by atoms with E-state index in [0.29, 0.717) is 6.54 Å². The molecule has 0 spiro atoms. The highest BCUT2D eigenvalue weighted by molar-refractivity contribution is 7.90. The molecule has 0 radical (unpaired) electrons. The molecule has 5 nitrogen and oxygen atoms in total. The molecule has 0 saturated carbocycles. The summed E-state index contributed by atoms with van der Waals surface area (Å²) in [6, 6.07) is 3.58. The van der Waals surface area contributed by atoms with Crippen LogP contribution in [0, 0.1) is 5.82 Å². The van der Waals surface area contributed by atoms with Crippen LogP contribution in [0.15, 0.2) is 18.2 Å². The van der Waals surface area contributed by atoms with Crippen molar-refractivity contribution in [2.45, 2.75) is 25.3 Å². The average Bonchev–Trinajstić information content (AvgIpc) is 2.42. The molecule has 1 atom stereocenters. The van der Waals surface area contributed by atoms with Crippen molar-refractivity contribution < 1.29 is 12.8 Å². The van der Waals surface area contributed by atoms with Gasteiger partial charge in [0.1, 0.15) is 5.82 Å². The fraction of sp³-hybridized carbons (Fsp3) is 0.500. The molecule has 0 aliphatic carbocycles. The van der Waals surface area contributed by atoms with Crippen molar-refractivity contribution in [2.75, 3.05) is 17.8 Å². The van der Waals surface area contributed by atoms with E-state index in [1.165, 1.54) is 16.4 Å². The van der Waals surface area contributed by atoms with Crippen LogP contribution in [0.2, 0.25) is 5.02 Å². The molecule has 3 N–H and O–H groups in total. The van der Waals surface area contributed by atoms with E-state index in [1.807, 2.05) is 0 Å². The minimum Gasteiger partial charge on any atom is -0.329 e. The summed E-state index contributed by atoms with van der Waals surface area (Å²) in [6.07, 6.45) is 2.50. The molecule has 0 amide bonds. The van der Waals surface area contributed by atoms with Gasteiger partial charge in [-0.3, -0.25) is 4.72 Å². The molecular weight excluding hydrogens is 305 g/mol. The quantitative estimate of drug-likeness (QED) is 0.890. The lowest BCUT2D eigenvalue weighted by atomic mass is 10.1. The summed E-state index contributed by atoms with van der Waals surface area (Å²) in [5, 5.41) is -0.0502. The lowest BCUT2D eigenvalue weighted by Crippen LogP contribution is -2.49. The van der Waals surface area contributed by atoms with E-state index in [-0.39, 0.29) is 23.3 Å². The summed E-state index contributed by atoms with van der Waals surface area (Å²) < 4.78 is 41.7. The molecule has 112 valence electrons. The van der Waals surface area contributed by atoms with Crippen molar-refractivity contribution >= 4 is 27.5 Å². The van der Waals surface area contributed by atoms with Gasteiger partial charge in [-0.2, -0.15) is 12.7 Å². The minimum absolute atomic E-state index is 0.0502. The molecule has 1 aliphatic rings. The topological polar surface area (TPSA) is 75.4 Å². The highest BCUT2D eigenvalue weighted by atomic mass is 35.5. The monoisotopic (exact) mass is 321 g/mol. The number of hydrogen-bond donors (Lipinski definition) is 2. The normalized spacial score (nSPS) is 20.9. The summed E-state index contributed by atoms with van der Waals surface area (Å²) in [5.41, 5.74) is 5.76.